The fourth-order valence-corrected chi connectivity index (χ4v) is 2.33. The van der Waals surface area contributed by atoms with Gasteiger partial charge in [0.25, 0.3) is 5.91 Å². The molecule has 0 spiro atoms. The highest BCUT2D eigenvalue weighted by Gasteiger charge is 2.19. The van der Waals surface area contributed by atoms with Crippen molar-refractivity contribution in [3.63, 3.8) is 0 Å². The minimum Gasteiger partial charge on any atom is -0.491 e. The van der Waals surface area contributed by atoms with Crippen molar-refractivity contribution in [1.29, 1.82) is 5.26 Å². The molecule has 0 unspecified atom stereocenters. The van der Waals surface area contributed by atoms with Crippen molar-refractivity contribution in [2.75, 3.05) is 12.4 Å². The Kier molecular flexibility index (Phi) is 4.12. The summed E-state index contributed by atoms with van der Waals surface area (Å²) in [5.74, 6) is 0.753. The molecule has 0 aliphatic rings. The van der Waals surface area contributed by atoms with Gasteiger partial charge in [0.05, 0.1) is 29.9 Å². The summed E-state index contributed by atoms with van der Waals surface area (Å²) in [4.78, 5) is 20.7. The van der Waals surface area contributed by atoms with Gasteiger partial charge in [0.1, 0.15) is 17.5 Å². The molecule has 7 nitrogen and oxygen atoms in total. The monoisotopic (exact) mass is 322 g/mol. The topological polar surface area (TPSA) is 101 Å². The van der Waals surface area contributed by atoms with E-state index in [0.717, 1.165) is 5.76 Å². The van der Waals surface area contributed by atoms with E-state index in [4.69, 9.17) is 14.4 Å². The zero-order valence-corrected chi connectivity index (χ0v) is 13.2. The molecule has 0 saturated heterocycles. The minimum atomic E-state index is -0.436. The zero-order valence-electron chi connectivity index (χ0n) is 13.2. The molecule has 0 aliphatic carbocycles. The lowest BCUT2D eigenvalue weighted by Crippen LogP contribution is -2.15. The van der Waals surface area contributed by atoms with Crippen LogP contribution < -0.4 is 10.1 Å². The maximum Gasteiger partial charge on any atom is 0.275 e. The molecule has 3 aromatic heterocycles. The maximum absolute atomic E-state index is 12.6. The Bertz CT molecular complexity index is 956. The van der Waals surface area contributed by atoms with Gasteiger partial charge in [-0.1, -0.05) is 6.92 Å². The number of aryl methyl sites for hydroxylation is 1. The third-order valence-corrected chi connectivity index (χ3v) is 3.55. The summed E-state index contributed by atoms with van der Waals surface area (Å²) in [6.45, 7) is 1.95. The van der Waals surface area contributed by atoms with E-state index in [2.05, 4.69) is 15.3 Å². The van der Waals surface area contributed by atoms with Crippen LogP contribution in [0.5, 0.6) is 5.75 Å². The SMILES string of the molecule is CCc1cc2c(C(=O)Nc3ccncc3C#N)ncc(OC)c2o1. The summed E-state index contributed by atoms with van der Waals surface area (Å²) >= 11 is 0. The Hall–Kier alpha value is -3.40. The van der Waals surface area contributed by atoms with Crippen molar-refractivity contribution >= 4 is 22.6 Å². The van der Waals surface area contributed by atoms with Crippen molar-refractivity contribution in [2.24, 2.45) is 0 Å². The normalized spacial score (nSPS) is 10.4. The van der Waals surface area contributed by atoms with E-state index in [9.17, 15) is 4.79 Å². The largest absolute Gasteiger partial charge is 0.491 e. The summed E-state index contributed by atoms with van der Waals surface area (Å²) in [5.41, 5.74) is 1.33. The number of fused-ring (bicyclic) bond motifs is 1. The molecule has 0 bridgehead atoms. The Labute approximate surface area is 137 Å². The maximum atomic E-state index is 12.6. The van der Waals surface area contributed by atoms with Gasteiger partial charge in [0.15, 0.2) is 11.3 Å². The highest BCUT2D eigenvalue weighted by atomic mass is 16.5. The molecule has 7 heteroatoms. The fraction of sp³-hybridized carbons (Fsp3) is 0.176. The van der Waals surface area contributed by atoms with Crippen LogP contribution >= 0.6 is 0 Å². The molecule has 0 saturated carbocycles. The van der Waals surface area contributed by atoms with Crippen molar-refractivity contribution in [3.8, 4) is 11.8 Å². The first-order chi connectivity index (χ1) is 11.7. The number of hydrogen-bond donors (Lipinski definition) is 1. The lowest BCUT2D eigenvalue weighted by atomic mass is 10.2. The van der Waals surface area contributed by atoms with Gasteiger partial charge in [0.2, 0.25) is 0 Å². The number of nitrogens with zero attached hydrogens (tertiary/aromatic N) is 3. The standard InChI is InChI=1S/C17H14N4O3/c1-3-11-6-12-15(20-9-14(23-2)16(12)24-11)17(22)21-13-4-5-19-8-10(13)7-18/h4-6,8-9H,3H2,1-2H3,(H,19,21,22). The van der Waals surface area contributed by atoms with Gasteiger partial charge >= 0.3 is 0 Å². The summed E-state index contributed by atoms with van der Waals surface area (Å²) < 4.78 is 11.0. The number of carbonyl (C=O) groups excluding carboxylic acids is 1. The quantitative estimate of drug-likeness (QED) is 0.792. The first kappa shape index (κ1) is 15.5. The number of hydrogen-bond acceptors (Lipinski definition) is 6. The molecule has 0 aromatic carbocycles. The summed E-state index contributed by atoms with van der Waals surface area (Å²) in [5, 5.41) is 12.3. The molecule has 1 amide bonds. The van der Waals surface area contributed by atoms with E-state index in [-0.39, 0.29) is 11.3 Å². The highest BCUT2D eigenvalue weighted by molar-refractivity contribution is 6.11. The molecular weight excluding hydrogens is 308 g/mol. The van der Waals surface area contributed by atoms with Crippen LogP contribution in [0.1, 0.15) is 28.7 Å². The van der Waals surface area contributed by atoms with E-state index in [1.807, 2.05) is 13.0 Å². The number of carbonyl (C=O) groups is 1. The number of nitrogens with one attached hydrogen (secondary N) is 1. The molecule has 0 fully saturated rings. The number of nitriles is 1. The van der Waals surface area contributed by atoms with E-state index in [1.54, 1.807) is 12.1 Å². The Morgan fingerprint density at radius 3 is 3.00 bits per heavy atom. The van der Waals surface area contributed by atoms with E-state index >= 15 is 0 Å². The van der Waals surface area contributed by atoms with Crippen LogP contribution in [-0.2, 0) is 6.42 Å². The molecular formula is C17H14N4O3. The first-order valence-electron chi connectivity index (χ1n) is 7.28. The van der Waals surface area contributed by atoms with E-state index in [0.29, 0.717) is 28.8 Å². The second-order valence-electron chi connectivity index (χ2n) is 4.97. The van der Waals surface area contributed by atoms with Gasteiger partial charge < -0.3 is 14.5 Å². The zero-order chi connectivity index (χ0) is 17.1. The molecule has 3 rings (SSSR count). The lowest BCUT2D eigenvalue weighted by Gasteiger charge is -2.07. The second-order valence-corrected chi connectivity index (χ2v) is 4.97. The number of anilines is 1. The molecule has 120 valence electrons. The second kappa shape index (κ2) is 6.38. The van der Waals surface area contributed by atoms with Crippen LogP contribution in [0.2, 0.25) is 0 Å². The van der Waals surface area contributed by atoms with Crippen LogP contribution in [0.3, 0.4) is 0 Å². The summed E-state index contributed by atoms with van der Waals surface area (Å²) in [6, 6.07) is 5.32. The van der Waals surface area contributed by atoms with Crippen LogP contribution in [0.4, 0.5) is 5.69 Å². The molecule has 3 heterocycles. The van der Waals surface area contributed by atoms with Gasteiger partial charge in [-0.2, -0.15) is 5.26 Å². The summed E-state index contributed by atoms with van der Waals surface area (Å²) in [6.07, 6.45) is 5.01. The van der Waals surface area contributed by atoms with Gasteiger partial charge in [-0.05, 0) is 12.1 Å². The summed E-state index contributed by atoms with van der Waals surface area (Å²) in [7, 11) is 1.51. The van der Waals surface area contributed by atoms with Crippen molar-refractivity contribution in [3.05, 3.63) is 47.7 Å². The molecule has 0 radical (unpaired) electrons. The van der Waals surface area contributed by atoms with Gasteiger partial charge in [-0.15, -0.1) is 0 Å². The predicted octanol–water partition coefficient (Wildman–Crippen LogP) is 2.92. The number of amides is 1. The lowest BCUT2D eigenvalue weighted by molar-refractivity contribution is 0.102. The predicted molar refractivity (Wildman–Crippen MR) is 86.8 cm³/mol. The Balaban J connectivity index is 2.04. The third kappa shape index (κ3) is 2.65. The third-order valence-electron chi connectivity index (χ3n) is 3.55. The number of rotatable bonds is 4. The molecule has 1 N–H and O–H groups in total. The molecule has 3 aromatic rings. The van der Waals surface area contributed by atoms with Crippen molar-refractivity contribution in [1.82, 2.24) is 9.97 Å². The molecule has 0 aliphatic heterocycles. The van der Waals surface area contributed by atoms with Gasteiger partial charge in [-0.3, -0.25) is 9.78 Å². The number of furan rings is 1. The average Bonchev–Trinajstić information content (AvgIpc) is 3.05. The molecule has 24 heavy (non-hydrogen) atoms. The number of pyridine rings is 2. The van der Waals surface area contributed by atoms with Crippen LogP contribution in [0.15, 0.2) is 35.1 Å². The smallest absolute Gasteiger partial charge is 0.275 e. The van der Waals surface area contributed by atoms with E-state index < -0.39 is 5.91 Å². The number of methoxy groups -OCH3 is 1. The fourth-order valence-electron chi connectivity index (χ4n) is 2.33. The number of ether oxygens (including phenoxy) is 1. The average molecular weight is 322 g/mol. The highest BCUT2D eigenvalue weighted by Crippen LogP contribution is 2.30. The van der Waals surface area contributed by atoms with Gasteiger partial charge in [-0.25, -0.2) is 4.98 Å². The van der Waals surface area contributed by atoms with Crippen LogP contribution in [0.25, 0.3) is 11.0 Å². The van der Waals surface area contributed by atoms with Gasteiger partial charge in [0, 0.05) is 18.8 Å². The minimum absolute atomic E-state index is 0.204. The first-order valence-corrected chi connectivity index (χ1v) is 7.28. The van der Waals surface area contributed by atoms with E-state index in [1.165, 1.54) is 25.7 Å². The van der Waals surface area contributed by atoms with Crippen molar-refractivity contribution in [2.45, 2.75) is 13.3 Å². The Morgan fingerprint density at radius 2 is 2.29 bits per heavy atom. The Morgan fingerprint density at radius 1 is 1.46 bits per heavy atom. The van der Waals surface area contributed by atoms with Crippen LogP contribution in [-0.4, -0.2) is 23.0 Å². The number of aromatic nitrogens is 2. The molecule has 0 atom stereocenters. The van der Waals surface area contributed by atoms with Crippen molar-refractivity contribution < 1.29 is 13.9 Å². The van der Waals surface area contributed by atoms with Crippen LogP contribution in [0, 0.1) is 11.3 Å².